The van der Waals surface area contributed by atoms with Crippen molar-refractivity contribution in [2.45, 2.75) is 18.8 Å². The first kappa shape index (κ1) is 20.0. The van der Waals surface area contributed by atoms with Crippen molar-refractivity contribution in [2.75, 3.05) is 26.3 Å². The van der Waals surface area contributed by atoms with Crippen LogP contribution in [0.5, 0.6) is 0 Å². The fourth-order valence-corrected chi connectivity index (χ4v) is 5.00. The molecule has 1 amide bonds. The minimum Gasteiger partial charge on any atom is -0.508 e. The standard InChI is InChI=1S/C27H25N3O3/c31-22-8-5-18(6-9-22)17-1-3-19(4-2-17)25-24-16-21-15-20(7-10-23(21)26(24)29-28-25)27(32)30-11-13-33-14-12-30/h1-5,7-10,15,18,31H,6,11-14,16H2,(H,28,29). The molecule has 1 aliphatic heterocycles. The molecular weight excluding hydrogens is 414 g/mol. The number of ether oxygens (including phenoxy) is 1. The van der Waals surface area contributed by atoms with Crippen LogP contribution in [0, 0.1) is 0 Å². The Morgan fingerprint density at radius 1 is 1.12 bits per heavy atom. The second-order valence-corrected chi connectivity index (χ2v) is 8.83. The number of allylic oxidation sites excluding steroid dienone is 3. The number of hydrogen-bond acceptors (Lipinski definition) is 4. The number of aliphatic hydroxyl groups excluding tert-OH is 1. The van der Waals surface area contributed by atoms with E-state index in [4.69, 9.17) is 4.74 Å². The number of aliphatic hydroxyl groups is 1. The molecule has 3 aromatic rings. The van der Waals surface area contributed by atoms with Crippen molar-refractivity contribution in [2.24, 2.45) is 0 Å². The van der Waals surface area contributed by atoms with Gasteiger partial charge >= 0.3 is 0 Å². The highest BCUT2D eigenvalue weighted by molar-refractivity contribution is 5.96. The Hall–Kier alpha value is -3.64. The number of aromatic nitrogens is 2. The maximum absolute atomic E-state index is 12.9. The van der Waals surface area contributed by atoms with Gasteiger partial charge in [0, 0.05) is 47.7 Å². The second kappa shape index (κ2) is 8.05. The molecule has 2 aliphatic carbocycles. The number of carbonyl (C=O) groups is 1. The Labute approximate surface area is 192 Å². The topological polar surface area (TPSA) is 78.4 Å². The van der Waals surface area contributed by atoms with Crippen molar-refractivity contribution in [1.29, 1.82) is 0 Å². The van der Waals surface area contributed by atoms with E-state index in [9.17, 15) is 9.90 Å². The molecule has 1 aromatic heterocycles. The number of carbonyl (C=O) groups excluding carboxylic acids is 1. The lowest BCUT2D eigenvalue weighted by molar-refractivity contribution is 0.0303. The van der Waals surface area contributed by atoms with Crippen LogP contribution in [0.25, 0.3) is 22.5 Å². The summed E-state index contributed by atoms with van der Waals surface area (Å²) in [6.07, 6.45) is 7.23. The minimum absolute atomic E-state index is 0.0746. The molecule has 0 saturated carbocycles. The molecule has 33 heavy (non-hydrogen) atoms. The van der Waals surface area contributed by atoms with Crippen molar-refractivity contribution >= 4 is 5.91 Å². The molecule has 0 bridgehead atoms. The molecule has 6 rings (SSSR count). The van der Waals surface area contributed by atoms with Gasteiger partial charge < -0.3 is 14.7 Å². The molecular formula is C27H25N3O3. The molecule has 3 aliphatic rings. The molecule has 0 spiro atoms. The Morgan fingerprint density at radius 3 is 2.70 bits per heavy atom. The normalized spacial score (nSPS) is 19.2. The van der Waals surface area contributed by atoms with E-state index < -0.39 is 0 Å². The summed E-state index contributed by atoms with van der Waals surface area (Å²) < 4.78 is 5.37. The van der Waals surface area contributed by atoms with E-state index in [1.807, 2.05) is 35.3 Å². The van der Waals surface area contributed by atoms with Gasteiger partial charge in [-0.15, -0.1) is 0 Å². The maximum Gasteiger partial charge on any atom is 0.254 e. The molecule has 1 unspecified atom stereocenters. The van der Waals surface area contributed by atoms with Crippen molar-refractivity contribution in [3.8, 4) is 22.5 Å². The minimum atomic E-state index is 0.0746. The summed E-state index contributed by atoms with van der Waals surface area (Å²) in [6.45, 7) is 2.50. The molecule has 6 heteroatoms. The highest BCUT2D eigenvalue weighted by Crippen LogP contribution is 2.41. The number of H-pyrrole nitrogens is 1. The Kier molecular flexibility index (Phi) is 4.88. The monoisotopic (exact) mass is 439 g/mol. The van der Waals surface area contributed by atoms with Crippen LogP contribution in [-0.4, -0.2) is 52.4 Å². The molecule has 0 radical (unpaired) electrons. The van der Waals surface area contributed by atoms with Crippen LogP contribution in [0.15, 0.2) is 66.5 Å². The van der Waals surface area contributed by atoms with E-state index in [0.717, 1.165) is 46.5 Å². The quantitative estimate of drug-likeness (QED) is 0.489. The van der Waals surface area contributed by atoms with Crippen LogP contribution in [0.4, 0.5) is 0 Å². The van der Waals surface area contributed by atoms with E-state index >= 15 is 0 Å². The predicted octanol–water partition coefficient (Wildman–Crippen LogP) is 4.61. The highest BCUT2D eigenvalue weighted by atomic mass is 16.5. The third-order valence-corrected chi connectivity index (χ3v) is 6.85. The van der Waals surface area contributed by atoms with Gasteiger partial charge in [0.15, 0.2) is 0 Å². The van der Waals surface area contributed by atoms with E-state index in [1.165, 1.54) is 11.1 Å². The number of nitrogens with one attached hydrogen (secondary N) is 1. The van der Waals surface area contributed by atoms with Crippen LogP contribution < -0.4 is 0 Å². The lowest BCUT2D eigenvalue weighted by Gasteiger charge is -2.27. The first-order chi connectivity index (χ1) is 16.2. The third-order valence-electron chi connectivity index (χ3n) is 6.85. The van der Waals surface area contributed by atoms with Gasteiger partial charge in [0.2, 0.25) is 0 Å². The average Bonchev–Trinajstić information content (AvgIpc) is 3.43. The average molecular weight is 440 g/mol. The summed E-state index contributed by atoms with van der Waals surface area (Å²) in [6, 6.07) is 14.5. The molecule has 2 N–H and O–H groups in total. The van der Waals surface area contributed by atoms with Crippen LogP contribution in [0.1, 0.15) is 39.4 Å². The van der Waals surface area contributed by atoms with Gasteiger partial charge in [0.05, 0.1) is 24.6 Å². The van der Waals surface area contributed by atoms with Crippen molar-refractivity contribution in [3.05, 3.63) is 88.7 Å². The van der Waals surface area contributed by atoms with Gasteiger partial charge in [-0.3, -0.25) is 9.89 Å². The SMILES string of the molecule is O=C(c1ccc2c(c1)Cc1c(-c3ccc(C4C=CC(O)=CC4)cc3)n[nH]c1-2)N1CCOCC1. The van der Waals surface area contributed by atoms with Crippen molar-refractivity contribution < 1.29 is 14.6 Å². The van der Waals surface area contributed by atoms with Crippen molar-refractivity contribution in [1.82, 2.24) is 15.1 Å². The van der Waals surface area contributed by atoms with E-state index in [2.05, 4.69) is 34.5 Å². The number of hydrogen-bond donors (Lipinski definition) is 2. The molecule has 1 saturated heterocycles. The first-order valence-electron chi connectivity index (χ1n) is 11.4. The number of benzene rings is 2. The third kappa shape index (κ3) is 3.56. The van der Waals surface area contributed by atoms with Crippen molar-refractivity contribution in [3.63, 3.8) is 0 Å². The summed E-state index contributed by atoms with van der Waals surface area (Å²) in [7, 11) is 0. The van der Waals surface area contributed by atoms with Gasteiger partial charge in [-0.25, -0.2) is 0 Å². The number of aromatic amines is 1. The molecule has 2 heterocycles. The Morgan fingerprint density at radius 2 is 1.94 bits per heavy atom. The second-order valence-electron chi connectivity index (χ2n) is 8.83. The van der Waals surface area contributed by atoms with Gasteiger partial charge in [-0.05, 0) is 41.8 Å². The number of nitrogens with zero attached hydrogens (tertiary/aromatic N) is 2. The van der Waals surface area contributed by atoms with Gasteiger partial charge in [0.1, 0.15) is 5.76 Å². The zero-order chi connectivity index (χ0) is 22.4. The zero-order valence-electron chi connectivity index (χ0n) is 18.3. The molecule has 1 fully saturated rings. The summed E-state index contributed by atoms with van der Waals surface area (Å²) in [4.78, 5) is 14.8. The molecule has 166 valence electrons. The maximum atomic E-state index is 12.9. The molecule has 1 atom stereocenters. The van der Waals surface area contributed by atoms with Crippen LogP contribution in [0.2, 0.25) is 0 Å². The van der Waals surface area contributed by atoms with Gasteiger partial charge in [0.25, 0.3) is 5.91 Å². The van der Waals surface area contributed by atoms with Gasteiger partial charge in [-0.1, -0.05) is 36.4 Å². The first-order valence-corrected chi connectivity index (χ1v) is 11.4. The van der Waals surface area contributed by atoms with E-state index in [1.54, 1.807) is 6.08 Å². The van der Waals surface area contributed by atoms with E-state index in [-0.39, 0.29) is 11.8 Å². The number of fused-ring (bicyclic) bond motifs is 3. The van der Waals surface area contributed by atoms with Crippen LogP contribution in [-0.2, 0) is 11.2 Å². The summed E-state index contributed by atoms with van der Waals surface area (Å²) in [5, 5.41) is 17.4. The Balaban J connectivity index is 1.24. The molecule has 2 aromatic carbocycles. The van der Waals surface area contributed by atoms with Crippen LogP contribution >= 0.6 is 0 Å². The zero-order valence-corrected chi connectivity index (χ0v) is 18.3. The highest BCUT2D eigenvalue weighted by Gasteiger charge is 2.27. The van der Waals surface area contributed by atoms with E-state index in [0.29, 0.717) is 32.1 Å². The number of amides is 1. The number of morpholine rings is 1. The summed E-state index contributed by atoms with van der Waals surface area (Å²) in [5.41, 5.74) is 8.51. The lowest BCUT2D eigenvalue weighted by atomic mass is 9.91. The van der Waals surface area contributed by atoms with Gasteiger partial charge in [-0.2, -0.15) is 5.10 Å². The Bertz CT molecular complexity index is 1280. The summed E-state index contributed by atoms with van der Waals surface area (Å²) in [5.74, 6) is 0.696. The smallest absolute Gasteiger partial charge is 0.254 e. The molecule has 6 nitrogen and oxygen atoms in total. The largest absolute Gasteiger partial charge is 0.508 e. The van der Waals surface area contributed by atoms with Crippen LogP contribution in [0.3, 0.4) is 0 Å². The fraction of sp³-hybridized carbons (Fsp3) is 0.259. The fourth-order valence-electron chi connectivity index (χ4n) is 5.00. The predicted molar refractivity (Wildman–Crippen MR) is 126 cm³/mol. The number of rotatable bonds is 3. The summed E-state index contributed by atoms with van der Waals surface area (Å²) >= 11 is 0. The lowest BCUT2D eigenvalue weighted by Crippen LogP contribution is -2.40.